The number of nitrogens with two attached hydrogens (primary N) is 1. The third-order valence-electron chi connectivity index (χ3n) is 5.70. The van der Waals surface area contributed by atoms with E-state index in [4.69, 9.17) is 15.3 Å². The molecule has 3 fully saturated rings. The van der Waals surface area contributed by atoms with Gasteiger partial charge in [0.1, 0.15) is 0 Å². The molecule has 0 amide bonds. The molecule has 122 valence electrons. The van der Waals surface area contributed by atoms with E-state index in [1.54, 1.807) is 0 Å². The largest absolute Gasteiger partial charge is 0.374 e. The molecule has 0 aromatic carbocycles. The second kappa shape index (κ2) is 6.75. The van der Waals surface area contributed by atoms with E-state index in [0.29, 0.717) is 5.92 Å². The first-order valence-corrected chi connectivity index (χ1v) is 9.71. The van der Waals surface area contributed by atoms with Crippen LogP contribution >= 0.6 is 11.8 Å². The first-order chi connectivity index (χ1) is 10.2. The Morgan fingerprint density at radius 1 is 1.38 bits per heavy atom. The zero-order chi connectivity index (χ0) is 14.8. The van der Waals surface area contributed by atoms with Crippen LogP contribution in [0.4, 0.5) is 0 Å². The Labute approximate surface area is 132 Å². The van der Waals surface area contributed by atoms with E-state index in [-0.39, 0.29) is 17.2 Å². The van der Waals surface area contributed by atoms with Crippen LogP contribution in [0, 0.1) is 5.92 Å². The minimum Gasteiger partial charge on any atom is -0.374 e. The Kier molecular flexibility index (Phi) is 5.16. The molecule has 3 N–H and O–H groups in total. The van der Waals surface area contributed by atoms with E-state index in [0.717, 1.165) is 44.6 Å². The summed E-state index contributed by atoms with van der Waals surface area (Å²) in [6, 6.07) is 0.270. The summed E-state index contributed by atoms with van der Waals surface area (Å²) in [6.45, 7) is 3.76. The summed E-state index contributed by atoms with van der Waals surface area (Å²) in [5.74, 6) is 8.98. The summed E-state index contributed by atoms with van der Waals surface area (Å²) in [5.41, 5.74) is 3.23. The van der Waals surface area contributed by atoms with Crippen molar-refractivity contribution in [3.63, 3.8) is 0 Å². The fourth-order valence-electron chi connectivity index (χ4n) is 4.74. The van der Waals surface area contributed by atoms with Crippen LogP contribution in [-0.2, 0) is 9.47 Å². The number of hydrazine groups is 1. The Morgan fingerprint density at radius 3 is 2.81 bits per heavy atom. The summed E-state index contributed by atoms with van der Waals surface area (Å²) in [5, 5.41) is 0. The maximum Gasteiger partial charge on any atom is 0.0850 e. The first-order valence-electron chi connectivity index (χ1n) is 8.55. The maximum absolute atomic E-state index is 6.26. The van der Waals surface area contributed by atoms with Gasteiger partial charge in [-0.15, -0.1) is 0 Å². The number of ether oxygens (including phenoxy) is 2. The highest BCUT2D eigenvalue weighted by Gasteiger charge is 2.49. The molecule has 3 rings (SSSR count). The van der Waals surface area contributed by atoms with Crippen LogP contribution in [0.25, 0.3) is 0 Å². The van der Waals surface area contributed by atoms with Crippen LogP contribution in [0.5, 0.6) is 0 Å². The normalized spacial score (nSPS) is 37.1. The van der Waals surface area contributed by atoms with Crippen LogP contribution in [0.2, 0.25) is 0 Å². The van der Waals surface area contributed by atoms with Crippen molar-refractivity contribution in [2.45, 2.75) is 69.1 Å². The fraction of sp³-hybridized carbons (Fsp3) is 1.00. The van der Waals surface area contributed by atoms with Gasteiger partial charge in [0.2, 0.25) is 0 Å². The maximum atomic E-state index is 6.26. The van der Waals surface area contributed by atoms with E-state index >= 15 is 0 Å². The van der Waals surface area contributed by atoms with Gasteiger partial charge in [-0.2, -0.15) is 11.8 Å². The van der Waals surface area contributed by atoms with E-state index in [9.17, 15) is 0 Å². The lowest BCUT2D eigenvalue weighted by Gasteiger charge is -2.46. The molecule has 5 heteroatoms. The van der Waals surface area contributed by atoms with E-state index in [1.807, 2.05) is 11.8 Å². The molecule has 1 aliphatic carbocycles. The molecule has 0 bridgehead atoms. The molecule has 2 heterocycles. The second-order valence-electron chi connectivity index (χ2n) is 6.94. The molecule has 3 atom stereocenters. The van der Waals surface area contributed by atoms with Gasteiger partial charge in [-0.3, -0.25) is 11.3 Å². The lowest BCUT2D eigenvalue weighted by molar-refractivity contribution is -0.122. The summed E-state index contributed by atoms with van der Waals surface area (Å²) in [6.07, 6.45) is 8.28. The van der Waals surface area contributed by atoms with Gasteiger partial charge in [-0.25, -0.2) is 0 Å². The van der Waals surface area contributed by atoms with Crippen LogP contribution in [0.3, 0.4) is 0 Å². The van der Waals surface area contributed by atoms with E-state index in [2.05, 4.69) is 12.3 Å². The Bertz CT molecular complexity index is 341. The summed E-state index contributed by atoms with van der Waals surface area (Å²) in [4.78, 5) is 0. The average molecular weight is 314 g/mol. The number of thioether (sulfide) groups is 1. The standard InChI is InChI=1S/C16H30N2O2S/c1-2-19-16(6-3-4-7-16)14(18-17)13-5-9-20-15(11-13)8-10-21-12-15/h13-14,18H,2-12,17H2,1H3. The molecule has 3 unspecified atom stereocenters. The van der Waals surface area contributed by atoms with Gasteiger partial charge >= 0.3 is 0 Å². The molecule has 0 radical (unpaired) electrons. The highest BCUT2D eigenvalue weighted by molar-refractivity contribution is 7.99. The van der Waals surface area contributed by atoms with Gasteiger partial charge in [-0.05, 0) is 50.7 Å². The molecule has 0 aromatic rings. The molecular formula is C16H30N2O2S. The fourth-order valence-corrected chi connectivity index (χ4v) is 6.12. The molecular weight excluding hydrogens is 284 g/mol. The van der Waals surface area contributed by atoms with Gasteiger partial charge in [0.25, 0.3) is 0 Å². The first kappa shape index (κ1) is 16.1. The van der Waals surface area contributed by atoms with Gasteiger partial charge in [0.15, 0.2) is 0 Å². The van der Waals surface area contributed by atoms with Crippen LogP contribution in [0.15, 0.2) is 0 Å². The lowest BCUT2D eigenvalue weighted by atomic mass is 9.74. The van der Waals surface area contributed by atoms with Crippen LogP contribution in [-0.4, -0.2) is 42.0 Å². The predicted molar refractivity (Wildman–Crippen MR) is 87.3 cm³/mol. The highest BCUT2D eigenvalue weighted by atomic mass is 32.2. The molecule has 21 heavy (non-hydrogen) atoms. The lowest BCUT2D eigenvalue weighted by Crippen LogP contribution is -2.60. The van der Waals surface area contributed by atoms with Crippen molar-refractivity contribution in [1.29, 1.82) is 0 Å². The molecule has 3 aliphatic rings. The zero-order valence-corrected chi connectivity index (χ0v) is 14.1. The topological polar surface area (TPSA) is 56.5 Å². The van der Waals surface area contributed by atoms with Gasteiger partial charge in [0, 0.05) is 19.0 Å². The average Bonchev–Trinajstić information content (AvgIpc) is 3.11. The van der Waals surface area contributed by atoms with Crippen molar-refractivity contribution < 1.29 is 9.47 Å². The smallest absolute Gasteiger partial charge is 0.0850 e. The van der Waals surface area contributed by atoms with Gasteiger partial charge < -0.3 is 9.47 Å². The predicted octanol–water partition coefficient (Wildman–Crippen LogP) is 2.47. The minimum absolute atomic E-state index is 0.0432. The summed E-state index contributed by atoms with van der Waals surface area (Å²) < 4.78 is 12.4. The van der Waals surface area contributed by atoms with Crippen molar-refractivity contribution in [2.75, 3.05) is 24.7 Å². The van der Waals surface area contributed by atoms with Crippen molar-refractivity contribution >= 4 is 11.8 Å². The highest BCUT2D eigenvalue weighted by Crippen LogP contribution is 2.46. The number of rotatable bonds is 5. The van der Waals surface area contributed by atoms with Crippen molar-refractivity contribution in [3.05, 3.63) is 0 Å². The molecule has 2 saturated heterocycles. The Morgan fingerprint density at radius 2 is 2.19 bits per heavy atom. The molecule has 1 spiro atoms. The van der Waals surface area contributed by atoms with Gasteiger partial charge in [-0.1, -0.05) is 12.8 Å². The molecule has 2 aliphatic heterocycles. The van der Waals surface area contributed by atoms with E-state index in [1.165, 1.54) is 25.0 Å². The van der Waals surface area contributed by atoms with Crippen molar-refractivity contribution in [3.8, 4) is 0 Å². The van der Waals surface area contributed by atoms with Crippen molar-refractivity contribution in [2.24, 2.45) is 11.8 Å². The van der Waals surface area contributed by atoms with E-state index < -0.39 is 0 Å². The Balaban J connectivity index is 1.75. The number of hydrogen-bond donors (Lipinski definition) is 2. The molecule has 4 nitrogen and oxygen atoms in total. The molecule has 0 aromatic heterocycles. The third kappa shape index (κ3) is 3.13. The monoisotopic (exact) mass is 314 g/mol. The molecule has 1 saturated carbocycles. The van der Waals surface area contributed by atoms with Gasteiger partial charge in [0.05, 0.1) is 17.2 Å². The quantitative estimate of drug-likeness (QED) is 0.603. The van der Waals surface area contributed by atoms with Crippen LogP contribution < -0.4 is 11.3 Å². The Hall–Kier alpha value is 0.190. The summed E-state index contributed by atoms with van der Waals surface area (Å²) in [7, 11) is 0. The zero-order valence-electron chi connectivity index (χ0n) is 13.2. The van der Waals surface area contributed by atoms with Crippen molar-refractivity contribution in [1.82, 2.24) is 5.43 Å². The second-order valence-corrected chi connectivity index (χ2v) is 8.04. The number of hydrogen-bond acceptors (Lipinski definition) is 5. The number of nitrogens with one attached hydrogen (secondary N) is 1. The summed E-state index contributed by atoms with van der Waals surface area (Å²) >= 11 is 2.03. The minimum atomic E-state index is -0.0432. The van der Waals surface area contributed by atoms with Crippen LogP contribution in [0.1, 0.15) is 51.9 Å². The third-order valence-corrected chi connectivity index (χ3v) is 6.92. The SMILES string of the molecule is CCOC1(C(NN)C2CCOC3(CCSC3)C2)CCCC1.